The molecule has 2 rings (SSSR count). The Morgan fingerprint density at radius 1 is 1.29 bits per heavy atom. The summed E-state index contributed by atoms with van der Waals surface area (Å²) in [5.74, 6) is 0. The largest absolute Gasteiger partial charge is 0.383 e. The number of rotatable bonds is 6. The highest BCUT2D eigenvalue weighted by Crippen LogP contribution is 2.34. The van der Waals surface area contributed by atoms with E-state index in [1.807, 2.05) is 12.1 Å². The highest BCUT2D eigenvalue weighted by molar-refractivity contribution is 7.90. The minimum Gasteiger partial charge on any atom is -0.383 e. The second kappa shape index (κ2) is 7.49. The molecule has 0 spiro atoms. The van der Waals surface area contributed by atoms with E-state index in [1.54, 1.807) is 19.2 Å². The smallest absolute Gasteiger partial charge is 0.218 e. The van der Waals surface area contributed by atoms with Crippen molar-refractivity contribution >= 4 is 10.0 Å². The van der Waals surface area contributed by atoms with Crippen LogP contribution < -0.4 is 4.72 Å². The Hall–Kier alpha value is -0.990. The molecule has 0 radical (unpaired) electrons. The number of methoxy groups -OCH3 is 1. The molecule has 1 aliphatic heterocycles. The summed E-state index contributed by atoms with van der Waals surface area (Å²) in [5, 5.41) is 0.978. The van der Waals surface area contributed by atoms with Gasteiger partial charge in [0.2, 0.25) is 10.0 Å². The number of sulfonamides is 1. The van der Waals surface area contributed by atoms with Gasteiger partial charge in [-0.15, -0.1) is 0 Å². The summed E-state index contributed by atoms with van der Waals surface area (Å²) in [6, 6.07) is 7.77. The first-order valence-electron chi connectivity index (χ1n) is 8.10. The summed E-state index contributed by atoms with van der Waals surface area (Å²) in [6.07, 6.45) is 0. The molecule has 24 heavy (non-hydrogen) atoms. The Balaban J connectivity index is 2.23. The van der Waals surface area contributed by atoms with Crippen LogP contribution in [0.3, 0.4) is 0 Å². The fourth-order valence-electron chi connectivity index (χ4n) is 2.85. The van der Waals surface area contributed by atoms with Gasteiger partial charge in [0.1, 0.15) is 5.25 Å². The fraction of sp³-hybridized carbons (Fsp3) is 0.647. The van der Waals surface area contributed by atoms with Crippen LogP contribution in [0.5, 0.6) is 0 Å². The van der Waals surface area contributed by atoms with E-state index in [4.69, 9.17) is 9.57 Å². The van der Waals surface area contributed by atoms with Gasteiger partial charge in [-0.1, -0.05) is 45.0 Å². The summed E-state index contributed by atoms with van der Waals surface area (Å²) in [7, 11) is -0.185. The number of ether oxygens (including phenoxy) is 1. The van der Waals surface area contributed by atoms with Crippen LogP contribution in [0.4, 0.5) is 0 Å². The van der Waals surface area contributed by atoms with Crippen molar-refractivity contribution < 1.29 is 18.0 Å². The standard InChI is InChI=1S/C17H28N2O4S/c1-17(2,3)14-8-6-13(7-9-14)16-15(12-23-19(16)4)24(20,21)18-10-11-22-5/h6-9,15-16,18H,10-12H2,1-5H3/t15-,16+/m0/s1. The van der Waals surface area contributed by atoms with Crippen LogP contribution in [0.25, 0.3) is 0 Å². The molecule has 0 aromatic heterocycles. The van der Waals surface area contributed by atoms with Crippen LogP contribution in [0, 0.1) is 0 Å². The normalized spacial score (nSPS) is 22.9. The zero-order chi connectivity index (χ0) is 18.0. The van der Waals surface area contributed by atoms with E-state index in [1.165, 1.54) is 5.56 Å². The van der Waals surface area contributed by atoms with Crippen molar-refractivity contribution in [2.75, 3.05) is 33.9 Å². The Bertz CT molecular complexity index is 638. The van der Waals surface area contributed by atoms with Gasteiger partial charge in [0.15, 0.2) is 0 Å². The van der Waals surface area contributed by atoms with Gasteiger partial charge in [-0.2, -0.15) is 5.06 Å². The van der Waals surface area contributed by atoms with E-state index in [9.17, 15) is 8.42 Å². The second-order valence-corrected chi connectivity index (χ2v) is 9.11. The number of hydroxylamine groups is 2. The zero-order valence-corrected chi connectivity index (χ0v) is 15.9. The molecule has 1 heterocycles. The molecule has 1 aromatic carbocycles. The predicted octanol–water partition coefficient (Wildman–Crippen LogP) is 1.84. The highest BCUT2D eigenvalue weighted by Gasteiger charge is 2.43. The number of hydrogen-bond donors (Lipinski definition) is 1. The highest BCUT2D eigenvalue weighted by atomic mass is 32.2. The van der Waals surface area contributed by atoms with E-state index in [0.717, 1.165) is 5.56 Å². The average molecular weight is 356 g/mol. The molecular formula is C17H28N2O4S. The third-order valence-corrected chi connectivity index (χ3v) is 6.11. The summed E-state index contributed by atoms with van der Waals surface area (Å²) in [4.78, 5) is 5.51. The lowest BCUT2D eigenvalue weighted by molar-refractivity contribution is -0.110. The van der Waals surface area contributed by atoms with Crippen molar-refractivity contribution in [3.63, 3.8) is 0 Å². The van der Waals surface area contributed by atoms with Crippen LogP contribution in [-0.4, -0.2) is 52.6 Å². The summed E-state index contributed by atoms with van der Waals surface area (Å²) in [5.41, 5.74) is 2.21. The first kappa shape index (κ1) is 19.3. The van der Waals surface area contributed by atoms with Crippen LogP contribution in [-0.2, 0) is 25.0 Å². The molecule has 1 saturated heterocycles. The lowest BCUT2D eigenvalue weighted by Gasteiger charge is -2.25. The fourth-order valence-corrected chi connectivity index (χ4v) is 4.34. The van der Waals surface area contributed by atoms with E-state index < -0.39 is 15.3 Å². The van der Waals surface area contributed by atoms with Crippen LogP contribution in [0.1, 0.15) is 37.9 Å². The first-order chi connectivity index (χ1) is 11.2. The summed E-state index contributed by atoms with van der Waals surface area (Å²) < 4.78 is 32.7. The van der Waals surface area contributed by atoms with Crippen molar-refractivity contribution in [2.24, 2.45) is 0 Å². The maximum absolute atomic E-state index is 12.6. The van der Waals surface area contributed by atoms with Crippen LogP contribution >= 0.6 is 0 Å². The molecule has 0 bridgehead atoms. The lowest BCUT2D eigenvalue weighted by atomic mass is 9.86. The molecule has 1 fully saturated rings. The molecule has 6 nitrogen and oxygen atoms in total. The first-order valence-corrected chi connectivity index (χ1v) is 9.65. The van der Waals surface area contributed by atoms with Gasteiger partial charge in [-0.05, 0) is 16.5 Å². The Labute approximate surface area is 145 Å². The molecular weight excluding hydrogens is 328 g/mol. The maximum Gasteiger partial charge on any atom is 0.218 e. The van der Waals surface area contributed by atoms with Crippen LogP contribution in [0.2, 0.25) is 0 Å². The van der Waals surface area contributed by atoms with Crippen molar-refractivity contribution in [1.82, 2.24) is 9.79 Å². The topological polar surface area (TPSA) is 67.9 Å². The molecule has 0 unspecified atom stereocenters. The van der Waals surface area contributed by atoms with Gasteiger partial charge in [-0.3, -0.25) is 4.84 Å². The molecule has 136 valence electrons. The average Bonchev–Trinajstić information content (AvgIpc) is 2.89. The minimum absolute atomic E-state index is 0.0593. The third kappa shape index (κ3) is 4.34. The van der Waals surface area contributed by atoms with Gasteiger partial charge < -0.3 is 4.74 Å². The van der Waals surface area contributed by atoms with Crippen LogP contribution in [0.15, 0.2) is 24.3 Å². The molecule has 0 aliphatic carbocycles. The van der Waals surface area contributed by atoms with E-state index in [0.29, 0.717) is 6.61 Å². The number of benzene rings is 1. The van der Waals surface area contributed by atoms with Gasteiger partial charge in [0.25, 0.3) is 0 Å². The van der Waals surface area contributed by atoms with Crippen molar-refractivity contribution in [3.8, 4) is 0 Å². The Morgan fingerprint density at radius 3 is 2.46 bits per heavy atom. The zero-order valence-electron chi connectivity index (χ0n) is 15.1. The van der Waals surface area contributed by atoms with E-state index in [-0.39, 0.29) is 24.6 Å². The third-order valence-electron chi connectivity index (χ3n) is 4.31. The predicted molar refractivity (Wildman–Crippen MR) is 94.2 cm³/mol. The van der Waals surface area contributed by atoms with E-state index >= 15 is 0 Å². The van der Waals surface area contributed by atoms with E-state index in [2.05, 4.69) is 37.6 Å². The summed E-state index contributed by atoms with van der Waals surface area (Å²) >= 11 is 0. The monoisotopic (exact) mass is 356 g/mol. The molecule has 1 aliphatic rings. The van der Waals surface area contributed by atoms with Crippen molar-refractivity contribution in [3.05, 3.63) is 35.4 Å². The molecule has 2 atom stereocenters. The van der Waals surface area contributed by atoms with Gasteiger partial charge >= 0.3 is 0 Å². The number of hydrogen-bond acceptors (Lipinski definition) is 5. The molecule has 7 heteroatoms. The van der Waals surface area contributed by atoms with Gasteiger partial charge in [0, 0.05) is 20.7 Å². The van der Waals surface area contributed by atoms with Gasteiger partial charge in [0.05, 0.1) is 19.3 Å². The molecule has 0 amide bonds. The lowest BCUT2D eigenvalue weighted by Crippen LogP contribution is -2.40. The summed E-state index contributed by atoms with van der Waals surface area (Å²) in [6.45, 7) is 7.20. The van der Waals surface area contributed by atoms with Crippen molar-refractivity contribution in [1.29, 1.82) is 0 Å². The second-order valence-electron chi connectivity index (χ2n) is 7.13. The molecule has 1 N–H and O–H groups in total. The Kier molecular flexibility index (Phi) is 6.04. The van der Waals surface area contributed by atoms with Crippen molar-refractivity contribution in [2.45, 2.75) is 37.5 Å². The molecule has 0 saturated carbocycles. The minimum atomic E-state index is -3.50. The number of nitrogens with one attached hydrogen (secondary N) is 1. The Morgan fingerprint density at radius 2 is 1.92 bits per heavy atom. The quantitative estimate of drug-likeness (QED) is 0.788. The maximum atomic E-state index is 12.6. The molecule has 1 aromatic rings. The SMILES string of the molecule is COCCNS(=O)(=O)[C@H]1CON(C)[C@@H]1c1ccc(C(C)(C)C)cc1. The van der Waals surface area contributed by atoms with Gasteiger partial charge in [-0.25, -0.2) is 13.1 Å². The number of nitrogens with zero attached hydrogens (tertiary/aromatic N) is 1.